The number of hydrogen-bond acceptors (Lipinski definition) is 3. The zero-order valence-corrected chi connectivity index (χ0v) is 14.0. The molecule has 122 valence electrons. The average molecular weight is 342 g/mol. The highest BCUT2D eigenvalue weighted by atomic mass is 35.5. The molecular weight excluding hydrogens is 326 g/mol. The maximum atomic E-state index is 12.4. The summed E-state index contributed by atoms with van der Waals surface area (Å²) in [5.41, 5.74) is 2.24. The molecule has 1 heterocycles. The van der Waals surface area contributed by atoms with E-state index in [-0.39, 0.29) is 23.1 Å². The van der Waals surface area contributed by atoms with Crippen molar-refractivity contribution in [2.75, 3.05) is 5.32 Å². The number of hydrogen-bond donors (Lipinski definition) is 2. The van der Waals surface area contributed by atoms with Gasteiger partial charge in [0.1, 0.15) is 5.69 Å². The molecule has 0 fully saturated rings. The first-order chi connectivity index (χ1) is 11.5. The summed E-state index contributed by atoms with van der Waals surface area (Å²) in [6.45, 7) is 3.58. The predicted octanol–water partition coefficient (Wildman–Crippen LogP) is 3.84. The highest BCUT2D eigenvalue weighted by Gasteiger charge is 2.15. The van der Waals surface area contributed by atoms with E-state index in [2.05, 4.69) is 15.3 Å². The molecule has 0 atom stereocenters. The van der Waals surface area contributed by atoms with Crippen molar-refractivity contribution >= 4 is 34.2 Å². The number of amides is 1. The molecule has 3 rings (SSSR count). The molecule has 24 heavy (non-hydrogen) atoms. The minimum absolute atomic E-state index is 0.157. The summed E-state index contributed by atoms with van der Waals surface area (Å²) in [5, 5.41) is 3.28. The predicted molar refractivity (Wildman–Crippen MR) is 96.3 cm³/mol. The van der Waals surface area contributed by atoms with Gasteiger partial charge in [-0.05, 0) is 30.3 Å². The van der Waals surface area contributed by atoms with Crippen LogP contribution in [0.15, 0.2) is 47.3 Å². The summed E-state index contributed by atoms with van der Waals surface area (Å²) in [7, 11) is 0. The van der Waals surface area contributed by atoms with Crippen molar-refractivity contribution < 1.29 is 4.79 Å². The summed E-state index contributed by atoms with van der Waals surface area (Å²) in [4.78, 5) is 31.7. The summed E-state index contributed by atoms with van der Waals surface area (Å²) in [6, 6.07) is 12.3. The van der Waals surface area contributed by atoms with Crippen molar-refractivity contribution in [2.45, 2.75) is 13.8 Å². The highest BCUT2D eigenvalue weighted by molar-refractivity contribution is 6.31. The number of carbonyl (C=O) groups is 1. The number of aromatic nitrogens is 2. The number of nitrogens with one attached hydrogen (secondary N) is 2. The van der Waals surface area contributed by atoms with E-state index in [4.69, 9.17) is 11.6 Å². The van der Waals surface area contributed by atoms with E-state index in [9.17, 15) is 9.59 Å². The molecule has 0 saturated carbocycles. The molecule has 0 unspecified atom stereocenters. The van der Waals surface area contributed by atoms with Gasteiger partial charge in [-0.15, -0.1) is 0 Å². The van der Waals surface area contributed by atoms with Crippen LogP contribution in [0.25, 0.3) is 22.3 Å². The van der Waals surface area contributed by atoms with Crippen LogP contribution >= 0.6 is 11.6 Å². The Morgan fingerprint density at radius 3 is 2.71 bits per heavy atom. The van der Waals surface area contributed by atoms with Crippen LogP contribution in [0.1, 0.15) is 13.8 Å². The van der Waals surface area contributed by atoms with Crippen molar-refractivity contribution in [1.82, 2.24) is 9.97 Å². The molecule has 5 nitrogen and oxygen atoms in total. The third-order valence-corrected chi connectivity index (χ3v) is 3.85. The molecule has 1 aromatic heterocycles. The number of nitrogens with zero attached hydrogens (tertiary/aromatic N) is 1. The van der Waals surface area contributed by atoms with Crippen LogP contribution in [0.2, 0.25) is 5.02 Å². The standard InChI is InChI=1S/C18H16ClN3O2/c1-10(2)17(23)22-15-9-11(19)7-8-12(15)16-18(24)21-14-6-4-3-5-13(14)20-16/h3-10H,1-2H3,(H,21,24)(H,22,23). The average Bonchev–Trinajstić information content (AvgIpc) is 2.54. The Kier molecular flexibility index (Phi) is 4.36. The van der Waals surface area contributed by atoms with Gasteiger partial charge in [-0.1, -0.05) is 37.6 Å². The molecule has 0 bridgehead atoms. The fourth-order valence-corrected chi connectivity index (χ4v) is 2.49. The van der Waals surface area contributed by atoms with E-state index in [0.717, 1.165) is 0 Å². The second-order valence-electron chi connectivity index (χ2n) is 5.77. The number of benzene rings is 2. The van der Waals surface area contributed by atoms with E-state index in [1.807, 2.05) is 18.2 Å². The number of H-pyrrole nitrogens is 1. The van der Waals surface area contributed by atoms with Gasteiger partial charge in [0.15, 0.2) is 0 Å². The van der Waals surface area contributed by atoms with Crippen molar-refractivity contribution in [3.05, 3.63) is 57.8 Å². The quantitative estimate of drug-likeness (QED) is 0.760. The first kappa shape index (κ1) is 16.2. The van der Waals surface area contributed by atoms with Crippen molar-refractivity contribution in [1.29, 1.82) is 0 Å². The number of aromatic amines is 1. The molecule has 0 saturated heterocycles. The van der Waals surface area contributed by atoms with E-state index in [0.29, 0.717) is 27.3 Å². The molecular formula is C18H16ClN3O2. The fraction of sp³-hybridized carbons (Fsp3) is 0.167. The summed E-state index contributed by atoms with van der Waals surface area (Å²) >= 11 is 6.04. The monoisotopic (exact) mass is 341 g/mol. The van der Waals surface area contributed by atoms with Gasteiger partial charge in [0.25, 0.3) is 5.56 Å². The second-order valence-corrected chi connectivity index (χ2v) is 6.20. The molecule has 0 radical (unpaired) electrons. The smallest absolute Gasteiger partial charge is 0.275 e. The van der Waals surface area contributed by atoms with Gasteiger partial charge in [-0.2, -0.15) is 0 Å². The highest BCUT2D eigenvalue weighted by Crippen LogP contribution is 2.28. The minimum Gasteiger partial charge on any atom is -0.325 e. The van der Waals surface area contributed by atoms with Crippen LogP contribution in [0.3, 0.4) is 0 Å². The van der Waals surface area contributed by atoms with Gasteiger partial charge in [0.2, 0.25) is 5.91 Å². The number of anilines is 1. The summed E-state index contributed by atoms with van der Waals surface area (Å²) < 4.78 is 0. The summed E-state index contributed by atoms with van der Waals surface area (Å²) in [5.74, 6) is -0.351. The Hall–Kier alpha value is -2.66. The Labute approximate surface area is 143 Å². The maximum Gasteiger partial charge on any atom is 0.275 e. The van der Waals surface area contributed by atoms with Gasteiger partial charge in [-0.25, -0.2) is 4.98 Å². The van der Waals surface area contributed by atoms with E-state index >= 15 is 0 Å². The first-order valence-electron chi connectivity index (χ1n) is 7.55. The third-order valence-electron chi connectivity index (χ3n) is 3.62. The van der Waals surface area contributed by atoms with Gasteiger partial charge in [0, 0.05) is 16.5 Å². The number of halogens is 1. The minimum atomic E-state index is -0.323. The largest absolute Gasteiger partial charge is 0.325 e. The topological polar surface area (TPSA) is 74.8 Å². The Morgan fingerprint density at radius 2 is 1.96 bits per heavy atom. The van der Waals surface area contributed by atoms with Gasteiger partial charge in [0.05, 0.1) is 16.7 Å². The molecule has 1 amide bonds. The lowest BCUT2D eigenvalue weighted by Crippen LogP contribution is -2.19. The Balaban J connectivity index is 2.17. The van der Waals surface area contributed by atoms with E-state index in [1.165, 1.54) is 0 Å². The number of fused-ring (bicyclic) bond motifs is 1. The van der Waals surface area contributed by atoms with Crippen LogP contribution in [0.4, 0.5) is 5.69 Å². The van der Waals surface area contributed by atoms with E-state index < -0.39 is 0 Å². The number of carbonyl (C=O) groups excluding carboxylic acids is 1. The molecule has 0 aliphatic heterocycles. The zero-order valence-electron chi connectivity index (χ0n) is 13.3. The molecule has 0 spiro atoms. The molecule has 0 aliphatic carbocycles. The Bertz CT molecular complexity index is 979. The van der Waals surface area contributed by atoms with Crippen LogP contribution in [-0.4, -0.2) is 15.9 Å². The van der Waals surface area contributed by atoms with Crippen LogP contribution in [0.5, 0.6) is 0 Å². The van der Waals surface area contributed by atoms with Crippen LogP contribution in [0, 0.1) is 5.92 Å². The molecule has 0 aliphatic rings. The number of para-hydroxylation sites is 2. The van der Waals surface area contributed by atoms with Gasteiger partial charge in [-0.3, -0.25) is 9.59 Å². The lowest BCUT2D eigenvalue weighted by molar-refractivity contribution is -0.118. The lowest BCUT2D eigenvalue weighted by Gasteiger charge is -2.13. The molecule has 2 N–H and O–H groups in total. The molecule has 3 aromatic rings. The lowest BCUT2D eigenvalue weighted by atomic mass is 10.1. The van der Waals surface area contributed by atoms with Crippen molar-refractivity contribution in [2.24, 2.45) is 5.92 Å². The van der Waals surface area contributed by atoms with Crippen LogP contribution in [-0.2, 0) is 4.79 Å². The maximum absolute atomic E-state index is 12.4. The van der Waals surface area contributed by atoms with Crippen molar-refractivity contribution in [3.63, 3.8) is 0 Å². The first-order valence-corrected chi connectivity index (χ1v) is 7.93. The normalized spacial score (nSPS) is 11.0. The van der Waals surface area contributed by atoms with Gasteiger partial charge >= 0.3 is 0 Å². The Morgan fingerprint density at radius 1 is 1.21 bits per heavy atom. The zero-order chi connectivity index (χ0) is 17.3. The second kappa shape index (κ2) is 6.45. The SMILES string of the molecule is CC(C)C(=O)Nc1cc(Cl)ccc1-c1nc2ccccc2[nH]c1=O. The van der Waals surface area contributed by atoms with Gasteiger partial charge < -0.3 is 10.3 Å². The van der Waals surface area contributed by atoms with Crippen LogP contribution < -0.4 is 10.9 Å². The molecule has 6 heteroatoms. The fourth-order valence-electron chi connectivity index (χ4n) is 2.32. The molecule has 2 aromatic carbocycles. The summed E-state index contributed by atoms with van der Waals surface area (Å²) in [6.07, 6.45) is 0. The number of rotatable bonds is 3. The third kappa shape index (κ3) is 3.16. The van der Waals surface area contributed by atoms with Crippen molar-refractivity contribution in [3.8, 4) is 11.3 Å². The van der Waals surface area contributed by atoms with E-state index in [1.54, 1.807) is 38.1 Å².